The zero-order valence-electron chi connectivity index (χ0n) is 9.95. The van der Waals surface area contributed by atoms with Gasteiger partial charge >= 0.3 is 0 Å². The maximum atomic E-state index is 4.69. The zero-order valence-corrected chi connectivity index (χ0v) is 10.8. The van der Waals surface area contributed by atoms with Crippen molar-refractivity contribution in [1.29, 1.82) is 0 Å². The molecule has 4 rings (SSSR count). The van der Waals surface area contributed by atoms with Gasteiger partial charge in [0.1, 0.15) is 0 Å². The SMILES string of the molecule is c1cncc(-c2ncc3sc4ccccc4c3n2)c1. The minimum atomic E-state index is 0.726. The summed E-state index contributed by atoms with van der Waals surface area (Å²) in [7, 11) is 0. The number of fused-ring (bicyclic) bond motifs is 3. The summed E-state index contributed by atoms with van der Waals surface area (Å²) in [4.78, 5) is 13.2. The molecule has 0 fully saturated rings. The van der Waals surface area contributed by atoms with Gasteiger partial charge in [-0.25, -0.2) is 9.97 Å². The van der Waals surface area contributed by atoms with Gasteiger partial charge < -0.3 is 0 Å². The molecule has 0 aliphatic carbocycles. The van der Waals surface area contributed by atoms with Crippen LogP contribution in [0.25, 0.3) is 31.7 Å². The number of hydrogen-bond acceptors (Lipinski definition) is 4. The first-order valence-electron chi connectivity index (χ1n) is 5.96. The molecular weight excluding hydrogens is 254 g/mol. The van der Waals surface area contributed by atoms with E-state index in [9.17, 15) is 0 Å². The normalized spacial score (nSPS) is 11.2. The summed E-state index contributed by atoms with van der Waals surface area (Å²) in [5.41, 5.74) is 1.97. The third-order valence-corrected chi connectivity index (χ3v) is 4.13. The van der Waals surface area contributed by atoms with Gasteiger partial charge in [-0.15, -0.1) is 11.3 Å². The predicted octanol–water partition coefficient (Wildman–Crippen LogP) is 3.91. The highest BCUT2D eigenvalue weighted by Gasteiger charge is 2.08. The molecule has 0 N–H and O–H groups in total. The maximum Gasteiger partial charge on any atom is 0.161 e. The molecule has 90 valence electrons. The molecule has 3 aromatic heterocycles. The van der Waals surface area contributed by atoms with Crippen molar-refractivity contribution in [1.82, 2.24) is 15.0 Å². The van der Waals surface area contributed by atoms with Crippen LogP contribution in [0, 0.1) is 0 Å². The number of pyridine rings is 1. The molecule has 4 heteroatoms. The Kier molecular flexibility index (Phi) is 2.28. The van der Waals surface area contributed by atoms with Crippen molar-refractivity contribution in [3.8, 4) is 11.4 Å². The molecule has 0 spiro atoms. The van der Waals surface area contributed by atoms with Crippen LogP contribution in [0.5, 0.6) is 0 Å². The molecule has 0 bridgehead atoms. The zero-order chi connectivity index (χ0) is 12.7. The molecular formula is C15H9N3S. The summed E-state index contributed by atoms with van der Waals surface area (Å²) in [5, 5.41) is 1.19. The van der Waals surface area contributed by atoms with E-state index in [0.29, 0.717) is 0 Å². The number of hydrogen-bond donors (Lipinski definition) is 0. The highest BCUT2D eigenvalue weighted by Crippen LogP contribution is 2.32. The van der Waals surface area contributed by atoms with Crippen LogP contribution in [0.1, 0.15) is 0 Å². The number of nitrogens with zero attached hydrogens (tertiary/aromatic N) is 3. The monoisotopic (exact) mass is 263 g/mol. The van der Waals surface area contributed by atoms with Gasteiger partial charge in [0.05, 0.1) is 10.2 Å². The van der Waals surface area contributed by atoms with E-state index in [-0.39, 0.29) is 0 Å². The molecule has 0 unspecified atom stereocenters. The van der Waals surface area contributed by atoms with Crippen molar-refractivity contribution in [3.05, 3.63) is 55.0 Å². The lowest BCUT2D eigenvalue weighted by molar-refractivity contribution is 1.21. The second-order valence-electron chi connectivity index (χ2n) is 4.25. The van der Waals surface area contributed by atoms with Crippen molar-refractivity contribution < 1.29 is 0 Å². The first kappa shape index (κ1) is 10.6. The lowest BCUT2D eigenvalue weighted by atomic mass is 10.2. The van der Waals surface area contributed by atoms with E-state index in [4.69, 9.17) is 4.98 Å². The van der Waals surface area contributed by atoms with Gasteiger partial charge in [0.25, 0.3) is 0 Å². The quantitative estimate of drug-likeness (QED) is 0.522. The number of benzene rings is 1. The van der Waals surface area contributed by atoms with Crippen LogP contribution in [0.4, 0.5) is 0 Å². The van der Waals surface area contributed by atoms with Gasteiger partial charge in [0.2, 0.25) is 0 Å². The Hall–Kier alpha value is -2.33. The Morgan fingerprint density at radius 3 is 2.74 bits per heavy atom. The molecule has 4 aromatic rings. The van der Waals surface area contributed by atoms with Gasteiger partial charge in [-0.1, -0.05) is 18.2 Å². The Balaban J connectivity index is 2.03. The summed E-state index contributed by atoms with van der Waals surface area (Å²) in [6, 6.07) is 12.2. The van der Waals surface area contributed by atoms with Gasteiger partial charge in [-0.2, -0.15) is 0 Å². The van der Waals surface area contributed by atoms with Crippen molar-refractivity contribution >= 4 is 31.6 Å². The molecule has 0 atom stereocenters. The fourth-order valence-electron chi connectivity index (χ4n) is 2.14. The van der Waals surface area contributed by atoms with Crippen LogP contribution in [-0.2, 0) is 0 Å². The second-order valence-corrected chi connectivity index (χ2v) is 5.33. The van der Waals surface area contributed by atoms with Crippen LogP contribution in [-0.4, -0.2) is 15.0 Å². The number of aromatic nitrogens is 3. The van der Waals surface area contributed by atoms with Crippen molar-refractivity contribution in [2.24, 2.45) is 0 Å². The topological polar surface area (TPSA) is 38.7 Å². The van der Waals surface area contributed by atoms with Crippen molar-refractivity contribution in [3.63, 3.8) is 0 Å². The molecule has 0 aliphatic rings. The summed E-state index contributed by atoms with van der Waals surface area (Å²) >= 11 is 1.72. The molecule has 0 amide bonds. The van der Waals surface area contributed by atoms with E-state index < -0.39 is 0 Å². The van der Waals surface area contributed by atoms with Crippen LogP contribution in [0.15, 0.2) is 55.0 Å². The average molecular weight is 263 g/mol. The summed E-state index contributed by atoms with van der Waals surface area (Å²) in [5.74, 6) is 0.726. The molecule has 0 radical (unpaired) electrons. The van der Waals surface area contributed by atoms with Gasteiger partial charge in [-0.05, 0) is 18.2 Å². The van der Waals surface area contributed by atoms with Gasteiger partial charge in [-0.3, -0.25) is 4.98 Å². The Morgan fingerprint density at radius 1 is 0.895 bits per heavy atom. The van der Waals surface area contributed by atoms with Crippen LogP contribution in [0.3, 0.4) is 0 Å². The Morgan fingerprint density at radius 2 is 1.84 bits per heavy atom. The molecule has 0 saturated heterocycles. The average Bonchev–Trinajstić information content (AvgIpc) is 2.86. The van der Waals surface area contributed by atoms with E-state index in [0.717, 1.165) is 21.6 Å². The van der Waals surface area contributed by atoms with Crippen molar-refractivity contribution in [2.45, 2.75) is 0 Å². The Bertz CT molecular complexity index is 868. The van der Waals surface area contributed by atoms with E-state index >= 15 is 0 Å². The highest BCUT2D eigenvalue weighted by molar-refractivity contribution is 7.25. The number of thiophene rings is 1. The summed E-state index contributed by atoms with van der Waals surface area (Å²) < 4.78 is 2.36. The van der Waals surface area contributed by atoms with Crippen LogP contribution < -0.4 is 0 Å². The van der Waals surface area contributed by atoms with Crippen molar-refractivity contribution in [2.75, 3.05) is 0 Å². The van der Waals surface area contributed by atoms with E-state index in [1.165, 1.54) is 10.1 Å². The lowest BCUT2D eigenvalue weighted by Crippen LogP contribution is -1.88. The van der Waals surface area contributed by atoms with E-state index in [1.807, 2.05) is 30.5 Å². The minimum absolute atomic E-state index is 0.726. The third kappa shape index (κ3) is 1.69. The van der Waals surface area contributed by atoms with Crippen LogP contribution >= 0.6 is 11.3 Å². The standard InChI is InChI=1S/C15H9N3S/c1-2-6-12-11(5-1)14-13(19-12)9-17-15(18-14)10-4-3-7-16-8-10/h1-9H. The third-order valence-electron chi connectivity index (χ3n) is 3.04. The maximum absolute atomic E-state index is 4.69. The predicted molar refractivity (Wildman–Crippen MR) is 78.2 cm³/mol. The fourth-order valence-corrected chi connectivity index (χ4v) is 3.16. The second kappa shape index (κ2) is 4.10. The molecule has 0 saturated carbocycles. The molecule has 19 heavy (non-hydrogen) atoms. The van der Waals surface area contributed by atoms with E-state index in [2.05, 4.69) is 22.1 Å². The molecule has 1 aromatic carbocycles. The smallest absolute Gasteiger partial charge is 0.161 e. The highest BCUT2D eigenvalue weighted by atomic mass is 32.1. The van der Waals surface area contributed by atoms with Crippen LogP contribution in [0.2, 0.25) is 0 Å². The lowest BCUT2D eigenvalue weighted by Gasteiger charge is -1.98. The minimum Gasteiger partial charge on any atom is -0.264 e. The van der Waals surface area contributed by atoms with Gasteiger partial charge in [0.15, 0.2) is 5.82 Å². The molecule has 3 heterocycles. The van der Waals surface area contributed by atoms with E-state index in [1.54, 1.807) is 23.7 Å². The Labute approximate surface area is 113 Å². The summed E-state index contributed by atoms with van der Waals surface area (Å²) in [6.45, 7) is 0. The molecule has 0 aliphatic heterocycles. The van der Waals surface area contributed by atoms with Gasteiger partial charge in [0, 0.05) is 34.2 Å². The largest absolute Gasteiger partial charge is 0.264 e. The number of rotatable bonds is 1. The fraction of sp³-hybridized carbons (Fsp3) is 0. The molecule has 3 nitrogen and oxygen atoms in total. The summed E-state index contributed by atoms with van der Waals surface area (Å²) in [6.07, 6.45) is 5.44. The first-order chi connectivity index (χ1) is 9.42. The first-order valence-corrected chi connectivity index (χ1v) is 6.78.